The van der Waals surface area contributed by atoms with Gasteiger partial charge in [0.2, 0.25) is 0 Å². The van der Waals surface area contributed by atoms with Crippen molar-refractivity contribution >= 4 is 77.6 Å². The van der Waals surface area contributed by atoms with E-state index < -0.39 is 0 Å². The maximum absolute atomic E-state index is 7.43. The molecule has 17 rings (SSSR count). The summed E-state index contributed by atoms with van der Waals surface area (Å²) in [5, 5.41) is 6.71. The molecular weight excluding hydrogens is 1080 g/mol. The highest BCUT2D eigenvalue weighted by atomic mass is 16.3. The minimum Gasteiger partial charge on any atom is -0.455 e. The molecule has 0 amide bonds. The molecule has 0 aliphatic heterocycles. The molecule has 15 aromatic rings. The van der Waals surface area contributed by atoms with Crippen molar-refractivity contribution < 1.29 is 4.42 Å². The summed E-state index contributed by atoms with van der Waals surface area (Å²) in [4.78, 5) is 4.92. The normalized spacial score (nSPS) is 13.3. The molecule has 0 saturated carbocycles. The third-order valence-corrected chi connectivity index (χ3v) is 19.4. The molecule has 14 aromatic carbocycles. The molecular formula is C86H62N2O. The predicted molar refractivity (Wildman–Crippen MR) is 375 cm³/mol. The Labute approximate surface area is 519 Å². The summed E-state index contributed by atoms with van der Waals surface area (Å²) < 4.78 is 7.43. The highest BCUT2D eigenvalue weighted by Gasteiger charge is 2.38. The summed E-state index contributed by atoms with van der Waals surface area (Å²) in [5.41, 5.74) is 27.5. The molecule has 3 nitrogen and oxygen atoms in total. The first-order chi connectivity index (χ1) is 43.6. The first-order valence-corrected chi connectivity index (χ1v) is 31.0. The number of anilines is 6. The fraction of sp³-hybridized carbons (Fsp3) is 0.0698. The topological polar surface area (TPSA) is 19.6 Å². The van der Waals surface area contributed by atoms with Crippen molar-refractivity contribution in [1.82, 2.24) is 0 Å². The number of fused-ring (bicyclic) bond motifs is 14. The van der Waals surface area contributed by atoms with Gasteiger partial charge in [-0.1, -0.05) is 234 Å². The van der Waals surface area contributed by atoms with Gasteiger partial charge in [-0.3, -0.25) is 0 Å². The van der Waals surface area contributed by atoms with Gasteiger partial charge in [-0.05, 0) is 196 Å². The minimum atomic E-state index is -0.196. The number of hydrogen-bond acceptors (Lipinski definition) is 3. The van der Waals surface area contributed by atoms with E-state index in [1.165, 1.54) is 61.0 Å². The lowest BCUT2D eigenvalue weighted by molar-refractivity contribution is 0.660. The van der Waals surface area contributed by atoms with E-state index in [-0.39, 0.29) is 10.8 Å². The summed E-state index contributed by atoms with van der Waals surface area (Å²) in [5.74, 6) is 0. The van der Waals surface area contributed by atoms with Crippen LogP contribution in [-0.2, 0) is 10.8 Å². The van der Waals surface area contributed by atoms with Gasteiger partial charge in [0.15, 0.2) is 0 Å². The Morgan fingerprint density at radius 2 is 0.596 bits per heavy atom. The van der Waals surface area contributed by atoms with Crippen molar-refractivity contribution in [2.24, 2.45) is 0 Å². The second-order valence-electron chi connectivity index (χ2n) is 25.2. The molecule has 422 valence electrons. The van der Waals surface area contributed by atoms with E-state index in [1.807, 2.05) is 0 Å². The quantitative estimate of drug-likeness (QED) is 0.127. The number of benzene rings is 14. The van der Waals surface area contributed by atoms with Gasteiger partial charge in [0.1, 0.15) is 11.2 Å². The molecule has 1 heterocycles. The van der Waals surface area contributed by atoms with Gasteiger partial charge >= 0.3 is 0 Å². The van der Waals surface area contributed by atoms with Crippen LogP contribution < -0.4 is 9.80 Å². The molecule has 0 spiro atoms. The summed E-state index contributed by atoms with van der Waals surface area (Å²) in [6.07, 6.45) is 0. The highest BCUT2D eigenvalue weighted by Crippen LogP contribution is 2.54. The first-order valence-electron chi connectivity index (χ1n) is 31.0. The summed E-state index contributed by atoms with van der Waals surface area (Å²) in [7, 11) is 0. The molecule has 2 aliphatic rings. The third-order valence-electron chi connectivity index (χ3n) is 19.4. The Bertz CT molecular complexity index is 5200. The average molecular weight is 1140 g/mol. The molecule has 0 fully saturated rings. The Balaban J connectivity index is 0.872. The van der Waals surface area contributed by atoms with Gasteiger partial charge in [0.25, 0.3) is 0 Å². The van der Waals surface area contributed by atoms with Crippen LogP contribution in [0.1, 0.15) is 49.9 Å². The SMILES string of the molecule is CC1(C)c2ccccc2-c2ccc(N(c3cc(-c4ccccc4)cc(-c4ccccc4)c3)c3ccc4c(c3)oc3c5ccc(N(c6cc(-c7ccccc7)cc(-c7ccccc7)c6)c6ccc7c(c6)C(C)(C)c6ccccc6-7)cc5c5ccccc5c43)cc21. The van der Waals surface area contributed by atoms with Crippen LogP contribution in [0.15, 0.2) is 308 Å². The van der Waals surface area contributed by atoms with Crippen molar-refractivity contribution in [3.05, 3.63) is 326 Å². The van der Waals surface area contributed by atoms with E-state index in [9.17, 15) is 0 Å². The standard InChI is InChI=1S/C86H62N2O/c1-85(2)78-35-21-19-32-70(78)72-41-37-64(52-80(72)85)87(67-47-59(55-23-9-5-10-24-55)45-60(48-67)56-25-11-6-12-26-56)63-39-43-75-77(51-63)69-31-17-18-34-74(69)83-76-44-40-66(54-82(76)89-84(75)83)88(65-38-42-73-71-33-20-22-36-79(71)86(3,4)81(73)53-65)68-49-61(57-27-13-7-14-28-57)46-62(50-68)58-29-15-8-16-30-58/h5-54H,1-4H3. The molecule has 89 heavy (non-hydrogen) atoms. The van der Waals surface area contributed by atoms with Crippen molar-refractivity contribution in [3.8, 4) is 66.8 Å². The molecule has 0 N–H and O–H groups in total. The van der Waals surface area contributed by atoms with Crippen LogP contribution in [0.5, 0.6) is 0 Å². The fourth-order valence-corrected chi connectivity index (χ4v) is 14.9. The van der Waals surface area contributed by atoms with E-state index in [2.05, 4.69) is 341 Å². The Hall–Kier alpha value is -11.0. The highest BCUT2D eigenvalue weighted by molar-refractivity contribution is 6.30. The molecule has 2 aliphatic carbocycles. The van der Waals surface area contributed by atoms with E-state index in [0.717, 1.165) is 106 Å². The van der Waals surface area contributed by atoms with Crippen LogP contribution in [0.3, 0.4) is 0 Å². The summed E-state index contributed by atoms with van der Waals surface area (Å²) in [6.45, 7) is 9.47. The molecule has 0 unspecified atom stereocenters. The van der Waals surface area contributed by atoms with Gasteiger partial charge in [-0.15, -0.1) is 0 Å². The second-order valence-corrected chi connectivity index (χ2v) is 25.2. The predicted octanol–water partition coefficient (Wildman–Crippen LogP) is 24.1. The van der Waals surface area contributed by atoms with E-state index in [1.54, 1.807) is 0 Å². The maximum Gasteiger partial charge on any atom is 0.143 e. The van der Waals surface area contributed by atoms with Crippen LogP contribution >= 0.6 is 0 Å². The summed E-state index contributed by atoms with van der Waals surface area (Å²) >= 11 is 0. The van der Waals surface area contributed by atoms with Crippen LogP contribution in [0.4, 0.5) is 34.1 Å². The van der Waals surface area contributed by atoms with E-state index in [0.29, 0.717) is 0 Å². The van der Waals surface area contributed by atoms with Crippen LogP contribution in [0.2, 0.25) is 0 Å². The zero-order valence-electron chi connectivity index (χ0n) is 50.2. The lowest BCUT2D eigenvalue weighted by Crippen LogP contribution is -2.16. The monoisotopic (exact) mass is 1140 g/mol. The number of furan rings is 1. The Morgan fingerprint density at radius 3 is 1.06 bits per heavy atom. The largest absolute Gasteiger partial charge is 0.455 e. The molecule has 0 bridgehead atoms. The fourth-order valence-electron chi connectivity index (χ4n) is 14.9. The molecule has 0 atom stereocenters. The zero-order valence-corrected chi connectivity index (χ0v) is 50.2. The van der Waals surface area contributed by atoms with Gasteiger partial charge < -0.3 is 14.2 Å². The second kappa shape index (κ2) is 20.3. The molecule has 0 radical (unpaired) electrons. The molecule has 3 heteroatoms. The van der Waals surface area contributed by atoms with Crippen LogP contribution in [0.25, 0.3) is 110 Å². The number of rotatable bonds is 10. The lowest BCUT2D eigenvalue weighted by atomic mass is 9.82. The van der Waals surface area contributed by atoms with E-state index in [4.69, 9.17) is 4.42 Å². The van der Waals surface area contributed by atoms with Gasteiger partial charge in [0, 0.05) is 67.2 Å². The Kier molecular flexibility index (Phi) is 11.9. The van der Waals surface area contributed by atoms with Crippen molar-refractivity contribution in [2.45, 2.75) is 38.5 Å². The lowest BCUT2D eigenvalue weighted by Gasteiger charge is -2.29. The number of nitrogens with zero attached hydrogens (tertiary/aromatic N) is 2. The van der Waals surface area contributed by atoms with Gasteiger partial charge in [-0.2, -0.15) is 0 Å². The number of hydrogen-bond donors (Lipinski definition) is 0. The van der Waals surface area contributed by atoms with Crippen molar-refractivity contribution in [2.75, 3.05) is 9.80 Å². The van der Waals surface area contributed by atoms with Crippen LogP contribution in [-0.4, -0.2) is 0 Å². The van der Waals surface area contributed by atoms with Crippen LogP contribution in [0, 0.1) is 0 Å². The van der Waals surface area contributed by atoms with Gasteiger partial charge in [0.05, 0.1) is 0 Å². The zero-order chi connectivity index (χ0) is 59.5. The Morgan fingerprint density at radius 1 is 0.236 bits per heavy atom. The maximum atomic E-state index is 7.43. The smallest absolute Gasteiger partial charge is 0.143 e. The summed E-state index contributed by atoms with van der Waals surface area (Å²) in [6, 6.07) is 112. The minimum absolute atomic E-state index is 0.194. The molecule has 1 aromatic heterocycles. The van der Waals surface area contributed by atoms with Crippen molar-refractivity contribution in [3.63, 3.8) is 0 Å². The third kappa shape index (κ3) is 8.48. The molecule has 0 saturated heterocycles. The van der Waals surface area contributed by atoms with Gasteiger partial charge in [-0.25, -0.2) is 0 Å². The average Bonchev–Trinajstić information content (AvgIpc) is 1.68. The first kappa shape index (κ1) is 52.3. The van der Waals surface area contributed by atoms with E-state index >= 15 is 0 Å². The van der Waals surface area contributed by atoms with Crippen molar-refractivity contribution in [1.29, 1.82) is 0 Å².